The zero-order valence-corrected chi connectivity index (χ0v) is 56.7. The lowest BCUT2D eigenvalue weighted by molar-refractivity contribution is 0.487. The molecular weight excluding hydrogens is 1280 g/mol. The number of ether oxygens (including phenoxy) is 1. The summed E-state index contributed by atoms with van der Waals surface area (Å²) in [6.07, 6.45) is 0. The summed E-state index contributed by atoms with van der Waals surface area (Å²) in [5.41, 5.74) is 23.6. The Morgan fingerprint density at radius 1 is 0.248 bits per heavy atom. The first kappa shape index (κ1) is 56.9. The topological polar surface area (TPSA) is 25.4 Å². The lowest BCUT2D eigenvalue weighted by atomic mass is 9.30. The van der Waals surface area contributed by atoms with Gasteiger partial charge in [0.05, 0.1) is 42.5 Å². The van der Waals surface area contributed by atoms with Crippen molar-refractivity contribution in [2.24, 2.45) is 0 Å². The van der Waals surface area contributed by atoms with E-state index in [1.807, 2.05) is 34.0 Å². The summed E-state index contributed by atoms with van der Waals surface area (Å²) >= 11 is 5.62. The fraction of sp³-hybridized carbons (Fsp3) is 0. The SMILES string of the molecule is c1ccc(N(c2ccccc2)c2cc3c4c(c2)N(c2cccc5c2sc2ccccc25)c2cc5c(cc2B4c2ccccc2N3c2ccccc2)B2c3ccccc3Oc3cc(N(c4ccccc4)c4cccc6c4sc4ccccc46)cc(c32)N5c2cccc3c2sc2ccccc23)cc1. The van der Waals surface area contributed by atoms with E-state index in [-0.39, 0.29) is 13.4 Å². The molecule has 6 nitrogen and oxygen atoms in total. The number of anilines is 15. The maximum Gasteiger partial charge on any atom is 0.256 e. The van der Waals surface area contributed by atoms with Crippen LogP contribution < -0.4 is 62.0 Å². The van der Waals surface area contributed by atoms with Gasteiger partial charge in [-0.15, -0.1) is 34.0 Å². The second kappa shape index (κ2) is 22.2. The summed E-state index contributed by atoms with van der Waals surface area (Å²) in [7, 11) is 0. The third kappa shape index (κ3) is 8.46. The highest BCUT2D eigenvalue weighted by atomic mass is 32.1. The third-order valence-electron chi connectivity index (χ3n) is 21.2. The van der Waals surface area contributed by atoms with Crippen molar-refractivity contribution in [3.8, 4) is 11.5 Å². The number of para-hydroxylation sites is 6. The molecule has 0 saturated heterocycles. The Morgan fingerprint density at radius 3 is 1.25 bits per heavy atom. The maximum absolute atomic E-state index is 7.55. The number of hydrogen-bond donors (Lipinski definition) is 0. The molecule has 0 saturated carbocycles. The van der Waals surface area contributed by atoms with Gasteiger partial charge < -0.3 is 29.2 Å². The Morgan fingerprint density at radius 2 is 0.663 bits per heavy atom. The van der Waals surface area contributed by atoms with Crippen molar-refractivity contribution in [1.29, 1.82) is 0 Å². The molecule has 0 fully saturated rings. The molecule has 0 aliphatic carbocycles. The minimum Gasteiger partial charge on any atom is -0.458 e. The van der Waals surface area contributed by atoms with Gasteiger partial charge in [0.1, 0.15) is 11.5 Å². The molecule has 7 heterocycles. The summed E-state index contributed by atoms with van der Waals surface area (Å²) in [5, 5.41) is 7.47. The first-order valence-electron chi connectivity index (χ1n) is 34.4. The van der Waals surface area contributed by atoms with Crippen molar-refractivity contribution in [3.05, 3.63) is 334 Å². The van der Waals surface area contributed by atoms with Gasteiger partial charge in [0.15, 0.2) is 0 Å². The number of nitrogens with zero attached hydrogens (tertiary/aromatic N) is 5. The van der Waals surface area contributed by atoms with Crippen LogP contribution in [0.1, 0.15) is 0 Å². The Balaban J connectivity index is 0.885. The van der Waals surface area contributed by atoms with Crippen molar-refractivity contribution in [3.63, 3.8) is 0 Å². The number of rotatable bonds is 9. The lowest BCUT2D eigenvalue weighted by Gasteiger charge is -2.47. The highest BCUT2D eigenvalue weighted by Crippen LogP contribution is 2.55. The quantitative estimate of drug-likeness (QED) is 0.134. The smallest absolute Gasteiger partial charge is 0.256 e. The predicted molar refractivity (Wildman–Crippen MR) is 434 cm³/mol. The second-order valence-electron chi connectivity index (χ2n) is 26.6. The zero-order valence-electron chi connectivity index (χ0n) is 54.3. The Bertz CT molecular complexity index is 6420. The van der Waals surface area contributed by atoms with E-state index in [1.165, 1.54) is 82.4 Å². The standard InChI is InChI=1S/C90H55B2N5OS3/c1-5-26-56(27-6-1)93(57-28-7-2-8-29-57)60-50-78-86-79(51-60)96(74-44-24-38-66-63-35-14-21-48-84(63)100-89(66)74)76-55-77-71(54-70(76)91(86)68-40-16-18-42-72(68)95(78)59-32-11-4-12-33-59)92-69-41-17-19-46-81(69)98-82-53-61(52-80(87(82)92)97(77)75-45-25-39-67-64-36-15-22-49-85(64)101-90(67)75)94(58-30-9-3-10-31-58)73-43-23-37-65-62-34-13-20-47-83(62)99-88(65)73/h1-55H. The van der Waals surface area contributed by atoms with Crippen LogP contribution in [0.4, 0.5) is 85.3 Å². The molecule has 22 rings (SSSR count). The molecule has 0 bridgehead atoms. The lowest BCUT2D eigenvalue weighted by Crippen LogP contribution is -2.64. The van der Waals surface area contributed by atoms with Gasteiger partial charge >= 0.3 is 0 Å². The number of thiophene rings is 3. The van der Waals surface area contributed by atoms with E-state index in [2.05, 4.69) is 358 Å². The van der Waals surface area contributed by atoms with Crippen molar-refractivity contribution in [2.45, 2.75) is 0 Å². The molecule has 0 amide bonds. The molecule has 0 spiro atoms. The van der Waals surface area contributed by atoms with E-state index in [0.717, 1.165) is 108 Å². The monoisotopic (exact) mass is 1340 g/mol. The van der Waals surface area contributed by atoms with Crippen LogP contribution in [0.25, 0.3) is 60.5 Å². The average molecular weight is 1340 g/mol. The summed E-state index contributed by atoms with van der Waals surface area (Å²) in [6.45, 7) is -0.444. The number of fused-ring (bicyclic) bond motifs is 17. The summed E-state index contributed by atoms with van der Waals surface area (Å²) in [6, 6.07) is 124. The molecule has 4 aliphatic heterocycles. The van der Waals surface area contributed by atoms with Gasteiger partial charge in [0.25, 0.3) is 13.4 Å². The second-order valence-corrected chi connectivity index (χ2v) is 29.7. The maximum atomic E-state index is 7.55. The first-order chi connectivity index (χ1) is 50.1. The molecule has 0 radical (unpaired) electrons. The molecule has 3 aromatic heterocycles. The molecule has 0 unspecified atom stereocenters. The molecule has 0 N–H and O–H groups in total. The van der Waals surface area contributed by atoms with Crippen LogP contribution in [0.2, 0.25) is 0 Å². The van der Waals surface area contributed by atoms with Crippen molar-refractivity contribution < 1.29 is 4.74 Å². The van der Waals surface area contributed by atoms with E-state index in [0.29, 0.717) is 0 Å². The molecular formula is C90H55B2N5OS3. The molecule has 101 heavy (non-hydrogen) atoms. The largest absolute Gasteiger partial charge is 0.458 e. The van der Waals surface area contributed by atoms with E-state index < -0.39 is 0 Å². The van der Waals surface area contributed by atoms with Gasteiger partial charge in [-0.3, -0.25) is 0 Å². The van der Waals surface area contributed by atoms with Crippen LogP contribution in [0.5, 0.6) is 11.5 Å². The van der Waals surface area contributed by atoms with Gasteiger partial charge in [-0.2, -0.15) is 0 Å². The predicted octanol–water partition coefficient (Wildman–Crippen LogP) is 22.2. The summed E-state index contributed by atoms with van der Waals surface area (Å²) < 4.78 is 15.0. The third-order valence-corrected chi connectivity index (χ3v) is 24.8. The van der Waals surface area contributed by atoms with Gasteiger partial charge in [-0.1, -0.05) is 206 Å². The zero-order chi connectivity index (χ0) is 66.0. The van der Waals surface area contributed by atoms with E-state index >= 15 is 0 Å². The van der Waals surface area contributed by atoms with E-state index in [4.69, 9.17) is 4.74 Å². The Labute approximate surface area is 596 Å². The van der Waals surface area contributed by atoms with Crippen LogP contribution in [-0.2, 0) is 0 Å². The highest BCUT2D eigenvalue weighted by molar-refractivity contribution is 7.27. The molecule has 18 aromatic rings. The highest BCUT2D eigenvalue weighted by Gasteiger charge is 2.49. The first-order valence-corrected chi connectivity index (χ1v) is 36.9. The van der Waals surface area contributed by atoms with Gasteiger partial charge in [0, 0.05) is 109 Å². The van der Waals surface area contributed by atoms with Gasteiger partial charge in [-0.05, 0) is 154 Å². The van der Waals surface area contributed by atoms with Crippen LogP contribution >= 0.6 is 34.0 Å². The van der Waals surface area contributed by atoms with E-state index in [1.54, 1.807) is 0 Å². The number of benzene rings is 15. The normalized spacial score (nSPS) is 13.1. The summed E-state index contributed by atoms with van der Waals surface area (Å²) in [4.78, 5) is 12.8. The Hall–Kier alpha value is -12.1. The minimum absolute atomic E-state index is 0.209. The molecule has 4 aliphatic rings. The number of hydrogen-bond acceptors (Lipinski definition) is 9. The van der Waals surface area contributed by atoms with E-state index in [9.17, 15) is 0 Å². The molecule has 15 aromatic carbocycles. The van der Waals surface area contributed by atoms with Crippen LogP contribution in [0.3, 0.4) is 0 Å². The van der Waals surface area contributed by atoms with Crippen molar-refractivity contribution in [1.82, 2.24) is 0 Å². The minimum atomic E-state index is -0.235. The average Bonchev–Trinajstić information content (AvgIpc) is 1.07. The van der Waals surface area contributed by atoms with Crippen LogP contribution in [-0.4, -0.2) is 13.4 Å². The summed E-state index contributed by atoms with van der Waals surface area (Å²) in [5.74, 6) is 1.69. The van der Waals surface area contributed by atoms with Crippen molar-refractivity contribution in [2.75, 3.05) is 24.5 Å². The van der Waals surface area contributed by atoms with Crippen LogP contribution in [0.15, 0.2) is 334 Å². The van der Waals surface area contributed by atoms with Gasteiger partial charge in [0.2, 0.25) is 0 Å². The fourth-order valence-electron chi connectivity index (χ4n) is 17.1. The fourth-order valence-corrected chi connectivity index (χ4v) is 20.7. The Kier molecular flexibility index (Phi) is 12.5. The molecule has 0 atom stereocenters. The van der Waals surface area contributed by atoms with Crippen LogP contribution in [0, 0.1) is 0 Å². The van der Waals surface area contributed by atoms with Gasteiger partial charge in [-0.25, -0.2) is 0 Å². The molecule has 11 heteroatoms. The molecule has 470 valence electrons. The van der Waals surface area contributed by atoms with Crippen molar-refractivity contribution >= 4 is 226 Å².